The summed E-state index contributed by atoms with van der Waals surface area (Å²) in [5.74, 6) is 2.28. The van der Waals surface area contributed by atoms with Crippen LogP contribution >= 0.6 is 0 Å². The number of hydrogen-bond donors (Lipinski definition) is 2. The number of unbranched alkanes of at least 4 members (excludes halogenated alkanes) is 1. The molecule has 3 rings (SSSR count). The Morgan fingerprint density at radius 1 is 1.06 bits per heavy atom. The summed E-state index contributed by atoms with van der Waals surface area (Å²) in [6, 6.07) is 20.2. The minimum absolute atomic E-state index is 0.254. The molecule has 1 aliphatic rings. The van der Waals surface area contributed by atoms with E-state index in [1.54, 1.807) is 7.05 Å². The zero-order chi connectivity index (χ0) is 21.7. The van der Waals surface area contributed by atoms with E-state index in [0.29, 0.717) is 18.9 Å². The smallest absolute Gasteiger partial charge is 0.223 e. The highest BCUT2D eigenvalue weighted by Gasteiger charge is 2.29. The minimum Gasteiger partial charge on any atom is -0.494 e. The molecule has 0 bridgehead atoms. The predicted molar refractivity (Wildman–Crippen MR) is 125 cm³/mol. The monoisotopic (exact) mass is 422 g/mol. The molecule has 0 aliphatic carbocycles. The van der Waals surface area contributed by atoms with Crippen molar-refractivity contribution in [3.8, 4) is 5.75 Å². The Kier molecular flexibility index (Phi) is 9.23. The number of guanidine groups is 1. The number of carbonyl (C=O) groups excluding carboxylic acids is 1. The van der Waals surface area contributed by atoms with Crippen LogP contribution in [0.2, 0.25) is 0 Å². The molecule has 1 heterocycles. The average Bonchev–Trinajstić information content (AvgIpc) is 3.17. The van der Waals surface area contributed by atoms with Crippen molar-refractivity contribution in [2.45, 2.75) is 25.7 Å². The molecule has 1 unspecified atom stereocenters. The number of para-hydroxylation sites is 1. The molecule has 1 fully saturated rings. The van der Waals surface area contributed by atoms with Crippen molar-refractivity contribution in [2.24, 2.45) is 10.9 Å². The van der Waals surface area contributed by atoms with E-state index in [-0.39, 0.29) is 5.91 Å². The summed E-state index contributed by atoms with van der Waals surface area (Å²) in [7, 11) is 1.78. The number of aliphatic imine (C=N–C) groups is 1. The molecule has 2 aromatic carbocycles. The van der Waals surface area contributed by atoms with E-state index in [9.17, 15) is 4.79 Å². The van der Waals surface area contributed by atoms with Crippen LogP contribution in [0.3, 0.4) is 0 Å². The first-order valence-corrected chi connectivity index (χ1v) is 11.2. The van der Waals surface area contributed by atoms with Gasteiger partial charge in [-0.2, -0.15) is 0 Å². The maximum absolute atomic E-state index is 12.3. The van der Waals surface area contributed by atoms with Crippen molar-refractivity contribution in [1.82, 2.24) is 15.5 Å². The third-order valence-corrected chi connectivity index (χ3v) is 5.47. The van der Waals surface area contributed by atoms with Crippen molar-refractivity contribution in [3.05, 3.63) is 66.2 Å². The number of amides is 1. The van der Waals surface area contributed by atoms with Gasteiger partial charge in [-0.15, -0.1) is 0 Å². The fraction of sp³-hybridized carbons (Fsp3) is 0.440. The van der Waals surface area contributed by atoms with E-state index in [1.807, 2.05) is 53.4 Å². The van der Waals surface area contributed by atoms with E-state index in [2.05, 4.69) is 27.8 Å². The normalized spacial score (nSPS) is 16.4. The number of nitrogens with zero attached hydrogens (tertiary/aromatic N) is 2. The summed E-state index contributed by atoms with van der Waals surface area (Å²) in [6.07, 6.45) is 3.49. The molecular formula is C25H34N4O2. The topological polar surface area (TPSA) is 66.0 Å². The molecule has 1 amide bonds. The fourth-order valence-corrected chi connectivity index (χ4v) is 3.72. The van der Waals surface area contributed by atoms with E-state index in [0.717, 1.165) is 57.2 Å². The molecule has 6 heteroatoms. The van der Waals surface area contributed by atoms with Crippen LogP contribution in [0, 0.1) is 5.92 Å². The van der Waals surface area contributed by atoms with Gasteiger partial charge in [0.2, 0.25) is 5.91 Å². The molecule has 1 aliphatic heterocycles. The Balaban J connectivity index is 1.27. The van der Waals surface area contributed by atoms with Crippen LogP contribution < -0.4 is 15.4 Å². The van der Waals surface area contributed by atoms with Gasteiger partial charge in [0.15, 0.2) is 5.96 Å². The van der Waals surface area contributed by atoms with Gasteiger partial charge in [0.25, 0.3) is 0 Å². The molecular weight excluding hydrogens is 388 g/mol. The van der Waals surface area contributed by atoms with Gasteiger partial charge in [0, 0.05) is 45.6 Å². The van der Waals surface area contributed by atoms with Crippen LogP contribution in [0.15, 0.2) is 65.7 Å². The number of benzene rings is 2. The van der Waals surface area contributed by atoms with Gasteiger partial charge >= 0.3 is 0 Å². The molecule has 166 valence electrons. The molecule has 31 heavy (non-hydrogen) atoms. The van der Waals surface area contributed by atoms with Crippen molar-refractivity contribution in [3.63, 3.8) is 0 Å². The maximum atomic E-state index is 12.3. The second-order valence-electron chi connectivity index (χ2n) is 7.89. The number of nitrogens with one attached hydrogen (secondary N) is 2. The van der Waals surface area contributed by atoms with Gasteiger partial charge in [-0.05, 0) is 37.0 Å². The highest BCUT2D eigenvalue weighted by atomic mass is 16.5. The van der Waals surface area contributed by atoms with Crippen molar-refractivity contribution < 1.29 is 9.53 Å². The van der Waals surface area contributed by atoms with Crippen molar-refractivity contribution in [2.75, 3.05) is 39.8 Å². The summed E-state index contributed by atoms with van der Waals surface area (Å²) >= 11 is 0. The van der Waals surface area contributed by atoms with E-state index in [4.69, 9.17) is 4.74 Å². The third kappa shape index (κ3) is 7.96. The standard InChI is InChI=1S/C25H34N4O2/c1-26-25(27-15-8-9-17-31-23-12-6-3-7-13-23)28-19-22-18-24(30)29(20-22)16-14-21-10-4-2-5-11-21/h2-7,10-13,22H,8-9,14-20H2,1H3,(H2,26,27,28). The molecule has 0 spiro atoms. The Morgan fingerprint density at radius 3 is 2.55 bits per heavy atom. The first-order chi connectivity index (χ1) is 15.2. The molecule has 1 saturated heterocycles. The summed E-state index contributed by atoms with van der Waals surface area (Å²) < 4.78 is 5.71. The van der Waals surface area contributed by atoms with Gasteiger partial charge < -0.3 is 20.3 Å². The largest absolute Gasteiger partial charge is 0.494 e. The zero-order valence-electron chi connectivity index (χ0n) is 18.4. The third-order valence-electron chi connectivity index (χ3n) is 5.47. The van der Waals surface area contributed by atoms with Gasteiger partial charge in [-0.3, -0.25) is 9.79 Å². The molecule has 0 saturated carbocycles. The maximum Gasteiger partial charge on any atom is 0.223 e. The second-order valence-corrected chi connectivity index (χ2v) is 7.89. The van der Waals surface area contributed by atoms with Crippen LogP contribution in [0.4, 0.5) is 0 Å². The fourth-order valence-electron chi connectivity index (χ4n) is 3.72. The lowest BCUT2D eigenvalue weighted by atomic mass is 10.1. The first kappa shape index (κ1) is 22.7. The quantitative estimate of drug-likeness (QED) is 0.332. The van der Waals surface area contributed by atoms with Gasteiger partial charge in [-0.1, -0.05) is 48.5 Å². The minimum atomic E-state index is 0.254. The van der Waals surface area contributed by atoms with Gasteiger partial charge in [-0.25, -0.2) is 0 Å². The van der Waals surface area contributed by atoms with Crippen LogP contribution in [0.1, 0.15) is 24.8 Å². The highest BCUT2D eigenvalue weighted by Crippen LogP contribution is 2.17. The number of rotatable bonds is 11. The van der Waals surface area contributed by atoms with Gasteiger partial charge in [0.1, 0.15) is 5.75 Å². The number of hydrogen-bond acceptors (Lipinski definition) is 3. The van der Waals surface area contributed by atoms with Crippen molar-refractivity contribution >= 4 is 11.9 Å². The van der Waals surface area contributed by atoms with E-state index >= 15 is 0 Å². The molecule has 6 nitrogen and oxygen atoms in total. The Hall–Kier alpha value is -3.02. The molecule has 0 aromatic heterocycles. The second kappa shape index (κ2) is 12.6. The summed E-state index contributed by atoms with van der Waals surface area (Å²) in [5.41, 5.74) is 1.27. The first-order valence-electron chi connectivity index (χ1n) is 11.2. The number of carbonyl (C=O) groups is 1. The lowest BCUT2D eigenvalue weighted by Crippen LogP contribution is -2.40. The van der Waals surface area contributed by atoms with E-state index in [1.165, 1.54) is 5.56 Å². The highest BCUT2D eigenvalue weighted by molar-refractivity contribution is 5.80. The Morgan fingerprint density at radius 2 is 1.81 bits per heavy atom. The Labute approximate surface area is 185 Å². The van der Waals surface area contributed by atoms with E-state index < -0.39 is 0 Å². The lowest BCUT2D eigenvalue weighted by Gasteiger charge is -2.18. The van der Waals surface area contributed by atoms with Crippen LogP contribution in [0.5, 0.6) is 5.75 Å². The summed E-state index contributed by atoms with van der Waals surface area (Å²) in [6.45, 7) is 3.90. The average molecular weight is 423 g/mol. The molecule has 1 atom stereocenters. The summed E-state index contributed by atoms with van der Waals surface area (Å²) in [4.78, 5) is 18.6. The van der Waals surface area contributed by atoms with Gasteiger partial charge in [0.05, 0.1) is 6.61 Å². The SMILES string of the molecule is CN=C(NCCCCOc1ccccc1)NCC1CC(=O)N(CCc2ccccc2)C1. The summed E-state index contributed by atoms with van der Waals surface area (Å²) in [5, 5.41) is 6.72. The van der Waals surface area contributed by atoms with Crippen LogP contribution in [-0.4, -0.2) is 56.6 Å². The predicted octanol–water partition coefficient (Wildman–Crippen LogP) is 3.10. The van der Waals surface area contributed by atoms with Crippen molar-refractivity contribution in [1.29, 1.82) is 0 Å². The molecule has 2 aromatic rings. The molecule has 2 N–H and O–H groups in total. The Bertz CT molecular complexity index is 811. The van der Waals surface area contributed by atoms with Crippen LogP contribution in [-0.2, 0) is 11.2 Å². The zero-order valence-corrected chi connectivity index (χ0v) is 18.4. The molecule has 0 radical (unpaired) electrons. The van der Waals surface area contributed by atoms with Crippen LogP contribution in [0.25, 0.3) is 0 Å². The number of ether oxygens (including phenoxy) is 1. The number of likely N-dealkylation sites (tertiary alicyclic amines) is 1. The lowest BCUT2D eigenvalue weighted by molar-refractivity contribution is -0.127.